The number of rotatable bonds is 3. The average Bonchev–Trinajstić information content (AvgIpc) is 2.39. The zero-order valence-corrected chi connectivity index (χ0v) is 15.1. The summed E-state index contributed by atoms with van der Waals surface area (Å²) < 4.78 is 0. The summed E-state index contributed by atoms with van der Waals surface area (Å²) in [5.41, 5.74) is -0.370. The summed E-state index contributed by atoms with van der Waals surface area (Å²) in [6.45, 7) is 12.3. The molecule has 0 aromatic heterocycles. The smallest absolute Gasteiger partial charge is 0.242 e. The zero-order chi connectivity index (χ0) is 17.4. The van der Waals surface area contributed by atoms with Crippen LogP contribution in [-0.4, -0.2) is 70.1 Å². The van der Waals surface area contributed by atoms with Crippen molar-refractivity contribution in [1.29, 1.82) is 0 Å². The van der Waals surface area contributed by atoms with Gasteiger partial charge >= 0.3 is 0 Å². The number of carbonyl (C=O) groups excluding carboxylic acids is 2. The molecule has 1 unspecified atom stereocenters. The fourth-order valence-electron chi connectivity index (χ4n) is 3.80. The first-order chi connectivity index (χ1) is 10.5. The Morgan fingerprint density at radius 2 is 1.83 bits per heavy atom. The first-order valence-corrected chi connectivity index (χ1v) is 8.49. The van der Waals surface area contributed by atoms with E-state index < -0.39 is 0 Å². The molecule has 2 saturated heterocycles. The van der Waals surface area contributed by atoms with Gasteiger partial charge in [0.1, 0.15) is 6.54 Å². The van der Waals surface area contributed by atoms with E-state index in [1.807, 2.05) is 13.8 Å². The van der Waals surface area contributed by atoms with E-state index in [2.05, 4.69) is 31.0 Å². The fraction of sp³-hybridized carbons (Fsp3) is 0.882. The first kappa shape index (κ1) is 18.2. The van der Waals surface area contributed by atoms with Crippen LogP contribution < -0.4 is 5.32 Å². The molecule has 0 aliphatic carbocycles. The molecule has 2 atom stereocenters. The van der Waals surface area contributed by atoms with Crippen molar-refractivity contribution in [2.45, 2.75) is 64.6 Å². The third kappa shape index (κ3) is 4.44. The summed E-state index contributed by atoms with van der Waals surface area (Å²) in [6, 6.07) is 0. The Kier molecular flexibility index (Phi) is 5.06. The van der Waals surface area contributed by atoms with Gasteiger partial charge in [0.05, 0.1) is 12.6 Å². The monoisotopic (exact) mass is 325 g/mol. The SMILES string of the molecule is CC(C)(C)N1CC(CC(C)(C)N2CC(=O)NCC2=O)C[C@H](O)C1. The fourth-order valence-corrected chi connectivity index (χ4v) is 3.80. The van der Waals surface area contributed by atoms with E-state index in [1.54, 1.807) is 4.90 Å². The number of hydrogen-bond acceptors (Lipinski definition) is 4. The Labute approximate surface area is 139 Å². The van der Waals surface area contributed by atoms with Crippen LogP contribution in [0.4, 0.5) is 0 Å². The van der Waals surface area contributed by atoms with Crippen LogP contribution in [0.1, 0.15) is 47.5 Å². The van der Waals surface area contributed by atoms with Crippen LogP contribution in [0.5, 0.6) is 0 Å². The van der Waals surface area contributed by atoms with Crippen LogP contribution in [0.25, 0.3) is 0 Å². The highest BCUT2D eigenvalue weighted by Crippen LogP contribution is 2.32. The maximum absolute atomic E-state index is 12.2. The number of piperazine rings is 1. The highest BCUT2D eigenvalue weighted by molar-refractivity contribution is 5.92. The molecule has 0 saturated carbocycles. The van der Waals surface area contributed by atoms with Crippen LogP contribution in [0.15, 0.2) is 0 Å². The predicted octanol–water partition coefficient (Wildman–Crippen LogP) is 0.595. The molecule has 0 radical (unpaired) electrons. The number of piperidine rings is 1. The van der Waals surface area contributed by atoms with E-state index in [-0.39, 0.29) is 42.1 Å². The number of aliphatic hydroxyl groups excluding tert-OH is 1. The van der Waals surface area contributed by atoms with Crippen molar-refractivity contribution in [3.63, 3.8) is 0 Å². The highest BCUT2D eigenvalue weighted by atomic mass is 16.3. The summed E-state index contributed by atoms with van der Waals surface area (Å²) in [7, 11) is 0. The molecule has 132 valence electrons. The molecule has 6 heteroatoms. The van der Waals surface area contributed by atoms with Gasteiger partial charge in [0.2, 0.25) is 11.8 Å². The standard InChI is InChI=1S/C17H31N3O3/c1-16(2,3)19-9-12(6-13(21)10-19)7-17(4,5)20-11-14(22)18-8-15(20)23/h12-13,21H,6-11H2,1-5H3,(H,18,22)/t12?,13-/m0/s1. The average molecular weight is 325 g/mol. The van der Waals surface area contributed by atoms with E-state index in [1.165, 1.54) is 0 Å². The zero-order valence-electron chi connectivity index (χ0n) is 15.1. The van der Waals surface area contributed by atoms with Gasteiger partial charge in [0.15, 0.2) is 0 Å². The molecule has 0 aromatic carbocycles. The lowest BCUT2D eigenvalue weighted by atomic mass is 9.82. The lowest BCUT2D eigenvalue weighted by molar-refractivity contribution is -0.146. The van der Waals surface area contributed by atoms with E-state index in [9.17, 15) is 14.7 Å². The van der Waals surface area contributed by atoms with Gasteiger partial charge in [-0.15, -0.1) is 0 Å². The van der Waals surface area contributed by atoms with Crippen molar-refractivity contribution in [3.05, 3.63) is 0 Å². The van der Waals surface area contributed by atoms with Gasteiger partial charge in [0.25, 0.3) is 0 Å². The van der Waals surface area contributed by atoms with Crippen molar-refractivity contribution >= 4 is 11.8 Å². The summed E-state index contributed by atoms with van der Waals surface area (Å²) in [5.74, 6) is 0.182. The Morgan fingerprint density at radius 3 is 2.43 bits per heavy atom. The highest BCUT2D eigenvalue weighted by Gasteiger charge is 2.40. The molecule has 2 aliphatic heterocycles. The Balaban J connectivity index is 2.06. The van der Waals surface area contributed by atoms with E-state index in [4.69, 9.17) is 0 Å². The number of β-amino-alcohol motifs (C(OH)–C–C–N with tert-alkyl or cyclic N) is 1. The molecule has 2 N–H and O–H groups in total. The van der Waals surface area contributed by atoms with E-state index in [0.717, 1.165) is 19.4 Å². The normalized spacial score (nSPS) is 28.0. The minimum Gasteiger partial charge on any atom is -0.392 e. The molecule has 6 nitrogen and oxygen atoms in total. The second kappa shape index (κ2) is 6.40. The molecule has 0 aromatic rings. The van der Waals surface area contributed by atoms with E-state index >= 15 is 0 Å². The Hall–Kier alpha value is -1.14. The molecule has 0 spiro atoms. The summed E-state index contributed by atoms with van der Waals surface area (Å²) in [5, 5.41) is 12.8. The Bertz CT molecular complexity index is 470. The van der Waals surface area contributed by atoms with Crippen molar-refractivity contribution in [1.82, 2.24) is 15.1 Å². The number of amides is 2. The van der Waals surface area contributed by atoms with Crippen LogP contribution in [0.3, 0.4) is 0 Å². The third-order valence-electron chi connectivity index (χ3n) is 5.02. The number of aliphatic hydroxyl groups is 1. The van der Waals surface area contributed by atoms with Crippen molar-refractivity contribution in [2.24, 2.45) is 5.92 Å². The Morgan fingerprint density at radius 1 is 1.17 bits per heavy atom. The predicted molar refractivity (Wildman–Crippen MR) is 88.9 cm³/mol. The minimum absolute atomic E-state index is 0.0185. The van der Waals surface area contributed by atoms with Gasteiger partial charge < -0.3 is 15.3 Å². The molecular weight excluding hydrogens is 294 g/mol. The lowest BCUT2D eigenvalue weighted by Gasteiger charge is -2.47. The topological polar surface area (TPSA) is 72.9 Å². The summed E-state index contributed by atoms with van der Waals surface area (Å²) >= 11 is 0. The molecule has 2 rings (SSSR count). The largest absolute Gasteiger partial charge is 0.392 e. The molecule has 2 heterocycles. The van der Waals surface area contributed by atoms with Crippen molar-refractivity contribution in [2.75, 3.05) is 26.2 Å². The van der Waals surface area contributed by atoms with Crippen LogP contribution in [-0.2, 0) is 9.59 Å². The molecule has 2 aliphatic rings. The van der Waals surface area contributed by atoms with Crippen molar-refractivity contribution in [3.8, 4) is 0 Å². The van der Waals surface area contributed by atoms with Gasteiger partial charge in [-0.25, -0.2) is 0 Å². The number of hydrogen-bond donors (Lipinski definition) is 2. The van der Waals surface area contributed by atoms with E-state index in [0.29, 0.717) is 12.5 Å². The number of likely N-dealkylation sites (tertiary alicyclic amines) is 1. The van der Waals surface area contributed by atoms with Gasteiger partial charge in [-0.2, -0.15) is 0 Å². The van der Waals surface area contributed by atoms with Gasteiger partial charge in [-0.3, -0.25) is 14.5 Å². The second-order valence-corrected chi connectivity index (χ2v) is 8.60. The summed E-state index contributed by atoms with van der Waals surface area (Å²) in [4.78, 5) is 27.8. The van der Waals surface area contributed by atoms with Gasteiger partial charge in [-0.05, 0) is 53.4 Å². The first-order valence-electron chi connectivity index (χ1n) is 8.49. The molecule has 2 fully saturated rings. The second-order valence-electron chi connectivity index (χ2n) is 8.60. The summed E-state index contributed by atoms with van der Waals surface area (Å²) in [6.07, 6.45) is 1.21. The maximum Gasteiger partial charge on any atom is 0.242 e. The van der Waals surface area contributed by atoms with Gasteiger partial charge in [-0.1, -0.05) is 0 Å². The molecule has 23 heavy (non-hydrogen) atoms. The maximum atomic E-state index is 12.2. The van der Waals surface area contributed by atoms with Gasteiger partial charge in [0, 0.05) is 24.2 Å². The van der Waals surface area contributed by atoms with Crippen molar-refractivity contribution < 1.29 is 14.7 Å². The lowest BCUT2D eigenvalue weighted by Crippen LogP contribution is -2.60. The molecular formula is C17H31N3O3. The van der Waals surface area contributed by atoms with Crippen LogP contribution >= 0.6 is 0 Å². The number of nitrogens with one attached hydrogen (secondary N) is 1. The number of nitrogens with zero attached hydrogens (tertiary/aromatic N) is 2. The quantitative estimate of drug-likeness (QED) is 0.797. The molecule has 0 bridgehead atoms. The number of carbonyl (C=O) groups is 2. The van der Waals surface area contributed by atoms with Crippen LogP contribution in [0, 0.1) is 5.92 Å². The third-order valence-corrected chi connectivity index (χ3v) is 5.02. The minimum atomic E-state index is -0.389. The van der Waals surface area contributed by atoms with Crippen LogP contribution in [0.2, 0.25) is 0 Å². The molecule has 2 amide bonds.